The largest absolute Gasteiger partial charge is 0.497 e. The van der Waals surface area contributed by atoms with Gasteiger partial charge in [0.05, 0.1) is 25.1 Å². The van der Waals surface area contributed by atoms with Crippen LogP contribution in [-0.2, 0) is 11.2 Å². The van der Waals surface area contributed by atoms with Crippen molar-refractivity contribution in [2.45, 2.75) is 38.6 Å². The van der Waals surface area contributed by atoms with Crippen molar-refractivity contribution in [3.8, 4) is 33.9 Å². The van der Waals surface area contributed by atoms with Crippen LogP contribution in [0.15, 0.2) is 66.9 Å². The molecule has 0 unspecified atom stereocenters. The number of imidazole rings is 1. The Balaban J connectivity index is 1.54. The van der Waals surface area contributed by atoms with E-state index in [4.69, 9.17) is 14.5 Å². The molecule has 0 saturated heterocycles. The number of fused-ring (bicyclic) bond motifs is 1. The third kappa shape index (κ3) is 4.76. The predicted octanol–water partition coefficient (Wildman–Crippen LogP) is 5.29. The smallest absolute Gasteiger partial charge is 0.220 e. The average Bonchev–Trinajstić information content (AvgIpc) is 3.60. The molecule has 1 saturated carbocycles. The van der Waals surface area contributed by atoms with E-state index in [9.17, 15) is 4.79 Å². The maximum Gasteiger partial charge on any atom is 0.220 e. The Bertz CT molecular complexity index is 1310. The summed E-state index contributed by atoms with van der Waals surface area (Å²) in [6.45, 7) is 2.61. The van der Waals surface area contributed by atoms with Gasteiger partial charge in [-0.05, 0) is 85.8 Å². The van der Waals surface area contributed by atoms with Crippen LogP contribution in [0, 0.1) is 0 Å². The van der Waals surface area contributed by atoms with Crippen LogP contribution in [-0.4, -0.2) is 35.1 Å². The molecule has 1 aliphatic rings. The number of methoxy groups -OCH3 is 1. The Kier molecular flexibility index (Phi) is 6.21. The molecule has 1 fully saturated rings. The minimum Gasteiger partial charge on any atom is -0.497 e. The quantitative estimate of drug-likeness (QED) is 0.373. The topological polar surface area (TPSA) is 64.9 Å². The van der Waals surface area contributed by atoms with Gasteiger partial charge in [0.2, 0.25) is 5.91 Å². The van der Waals surface area contributed by atoms with E-state index in [1.165, 1.54) is 0 Å². The number of nitrogens with zero attached hydrogens (tertiary/aromatic N) is 2. The predicted molar refractivity (Wildman–Crippen MR) is 133 cm³/mol. The molecule has 0 aliphatic heterocycles. The number of benzene rings is 2. The second-order valence-electron chi connectivity index (χ2n) is 8.58. The molecule has 34 heavy (non-hydrogen) atoms. The Morgan fingerprint density at radius 1 is 1.03 bits per heavy atom. The highest BCUT2D eigenvalue weighted by molar-refractivity contribution is 5.78. The summed E-state index contributed by atoms with van der Waals surface area (Å²) in [5.74, 6) is 1.75. The lowest BCUT2D eigenvalue weighted by Crippen LogP contribution is -2.25. The summed E-state index contributed by atoms with van der Waals surface area (Å²) in [4.78, 5) is 17.4. The van der Waals surface area contributed by atoms with Gasteiger partial charge < -0.3 is 19.2 Å². The van der Waals surface area contributed by atoms with Crippen molar-refractivity contribution in [2.24, 2.45) is 0 Å². The molecule has 2 aromatic heterocycles. The number of carbonyl (C=O) groups excluding carboxylic acids is 1. The first-order chi connectivity index (χ1) is 16.6. The molecular formula is C28H29N3O3. The highest BCUT2D eigenvalue weighted by atomic mass is 16.5. The van der Waals surface area contributed by atoms with E-state index >= 15 is 0 Å². The fraction of sp³-hybridized carbons (Fsp3) is 0.286. The lowest BCUT2D eigenvalue weighted by molar-refractivity contribution is -0.121. The number of hydrogen-bond donors (Lipinski definition) is 1. The molecule has 0 atom stereocenters. The van der Waals surface area contributed by atoms with Crippen LogP contribution in [0.2, 0.25) is 0 Å². The van der Waals surface area contributed by atoms with Crippen molar-refractivity contribution in [3.63, 3.8) is 0 Å². The van der Waals surface area contributed by atoms with Crippen LogP contribution in [0.3, 0.4) is 0 Å². The maximum absolute atomic E-state index is 12.5. The van der Waals surface area contributed by atoms with Gasteiger partial charge in [0.1, 0.15) is 17.1 Å². The van der Waals surface area contributed by atoms with Gasteiger partial charge >= 0.3 is 0 Å². The van der Waals surface area contributed by atoms with Crippen LogP contribution in [0.1, 0.15) is 31.9 Å². The third-order valence-electron chi connectivity index (χ3n) is 6.09. The highest BCUT2D eigenvalue weighted by Gasteiger charge is 2.23. The van der Waals surface area contributed by atoms with Crippen molar-refractivity contribution in [1.29, 1.82) is 0 Å². The monoisotopic (exact) mass is 455 g/mol. The zero-order chi connectivity index (χ0) is 23.5. The minimum atomic E-state index is 0.0960. The number of carbonyl (C=O) groups is 1. The number of rotatable bonds is 9. The lowest BCUT2D eigenvalue weighted by atomic mass is 10.1. The number of aromatic nitrogens is 2. The van der Waals surface area contributed by atoms with E-state index < -0.39 is 0 Å². The van der Waals surface area contributed by atoms with Gasteiger partial charge in [-0.3, -0.25) is 4.79 Å². The molecule has 1 aliphatic carbocycles. The number of nitrogens with one attached hydrogen (secondary N) is 1. The lowest BCUT2D eigenvalue weighted by Gasteiger charge is -2.09. The van der Waals surface area contributed by atoms with Gasteiger partial charge in [-0.15, -0.1) is 0 Å². The molecule has 0 bridgehead atoms. The van der Waals surface area contributed by atoms with Gasteiger partial charge in [-0.2, -0.15) is 0 Å². The van der Waals surface area contributed by atoms with E-state index in [0.29, 0.717) is 25.5 Å². The Morgan fingerprint density at radius 3 is 2.56 bits per heavy atom. The summed E-state index contributed by atoms with van der Waals surface area (Å²) in [5, 5.41) is 3.10. The standard InChI is InChI=1S/C28H29N3O3/c1-3-34-24-6-4-5-20(17-24)21-9-15-26-30-28(19-7-12-23(33-2)13-8-19)25(31(26)18-21)14-16-27(32)29-22-10-11-22/h4-9,12-13,15,17-18,22H,3,10-11,14,16H2,1-2H3,(H,29,32). The number of aryl methyl sites for hydroxylation is 1. The zero-order valence-electron chi connectivity index (χ0n) is 19.6. The first-order valence-electron chi connectivity index (χ1n) is 11.8. The van der Waals surface area contributed by atoms with Crippen molar-refractivity contribution in [2.75, 3.05) is 13.7 Å². The van der Waals surface area contributed by atoms with Gasteiger partial charge in [-0.1, -0.05) is 12.1 Å². The first kappa shape index (κ1) is 22.0. The summed E-state index contributed by atoms with van der Waals surface area (Å²) in [5.41, 5.74) is 5.91. The molecule has 0 spiro atoms. The van der Waals surface area contributed by atoms with Crippen LogP contribution in [0.5, 0.6) is 11.5 Å². The number of pyridine rings is 1. The van der Waals surface area contributed by atoms with Gasteiger partial charge in [0.25, 0.3) is 0 Å². The molecule has 2 aromatic carbocycles. The third-order valence-corrected chi connectivity index (χ3v) is 6.09. The zero-order valence-corrected chi connectivity index (χ0v) is 19.6. The number of hydrogen-bond acceptors (Lipinski definition) is 4. The van der Waals surface area contributed by atoms with Gasteiger partial charge in [0, 0.05) is 24.2 Å². The van der Waals surface area contributed by atoms with Crippen LogP contribution < -0.4 is 14.8 Å². The summed E-state index contributed by atoms with van der Waals surface area (Å²) in [6.07, 6.45) is 5.31. The number of ether oxygens (including phenoxy) is 2. The normalized spacial score (nSPS) is 13.1. The first-order valence-corrected chi connectivity index (χ1v) is 11.8. The fourth-order valence-corrected chi connectivity index (χ4v) is 4.17. The Labute approximate surface area is 199 Å². The molecule has 1 N–H and O–H groups in total. The van der Waals surface area contributed by atoms with Crippen LogP contribution in [0.4, 0.5) is 0 Å². The number of amides is 1. The Hall–Kier alpha value is -3.80. The average molecular weight is 456 g/mol. The van der Waals surface area contributed by atoms with Gasteiger partial charge in [0.15, 0.2) is 0 Å². The fourth-order valence-electron chi connectivity index (χ4n) is 4.17. The van der Waals surface area contributed by atoms with Crippen LogP contribution in [0.25, 0.3) is 28.0 Å². The summed E-state index contributed by atoms with van der Waals surface area (Å²) >= 11 is 0. The Morgan fingerprint density at radius 2 is 1.82 bits per heavy atom. The van der Waals surface area contributed by atoms with E-state index in [1.54, 1.807) is 7.11 Å². The molecule has 6 heteroatoms. The van der Waals surface area contributed by atoms with E-state index in [-0.39, 0.29) is 5.91 Å². The molecule has 0 radical (unpaired) electrons. The van der Waals surface area contributed by atoms with Crippen molar-refractivity contribution in [1.82, 2.24) is 14.7 Å². The van der Waals surface area contributed by atoms with Crippen molar-refractivity contribution >= 4 is 11.6 Å². The molecule has 6 nitrogen and oxygen atoms in total. The SMILES string of the molecule is CCOc1cccc(-c2ccc3nc(-c4ccc(OC)cc4)c(CCC(=O)NC4CC4)n3c2)c1. The second-order valence-corrected chi connectivity index (χ2v) is 8.58. The minimum absolute atomic E-state index is 0.0960. The van der Waals surface area contributed by atoms with Gasteiger partial charge in [-0.25, -0.2) is 4.98 Å². The highest BCUT2D eigenvalue weighted by Crippen LogP contribution is 2.30. The van der Waals surface area contributed by atoms with E-state index in [0.717, 1.165) is 58.1 Å². The summed E-state index contributed by atoms with van der Waals surface area (Å²) in [6, 6.07) is 20.5. The van der Waals surface area contributed by atoms with E-state index in [2.05, 4.69) is 34.1 Å². The molecule has 5 rings (SSSR count). The van der Waals surface area contributed by atoms with Crippen molar-refractivity contribution in [3.05, 3.63) is 72.6 Å². The van der Waals surface area contributed by atoms with E-state index in [1.807, 2.05) is 49.4 Å². The molecule has 4 aromatic rings. The summed E-state index contributed by atoms with van der Waals surface area (Å²) in [7, 11) is 1.66. The second kappa shape index (κ2) is 9.59. The molecule has 2 heterocycles. The maximum atomic E-state index is 12.5. The van der Waals surface area contributed by atoms with Crippen LogP contribution >= 0.6 is 0 Å². The molecule has 174 valence electrons. The molecular weight excluding hydrogens is 426 g/mol. The summed E-state index contributed by atoms with van der Waals surface area (Å²) < 4.78 is 13.1. The molecule has 1 amide bonds. The van der Waals surface area contributed by atoms with Crippen molar-refractivity contribution < 1.29 is 14.3 Å².